The van der Waals surface area contributed by atoms with Gasteiger partial charge in [0, 0.05) is 18.3 Å². The smallest absolute Gasteiger partial charge is 0.279 e. The fraction of sp³-hybridized carbons (Fsp3) is 0.579. The fourth-order valence-corrected chi connectivity index (χ4v) is 3.29. The minimum absolute atomic E-state index is 0.0603. The van der Waals surface area contributed by atoms with Crippen molar-refractivity contribution in [3.63, 3.8) is 0 Å². The van der Waals surface area contributed by atoms with E-state index in [-0.39, 0.29) is 11.8 Å². The van der Waals surface area contributed by atoms with Crippen molar-refractivity contribution < 1.29 is 14.5 Å². The van der Waals surface area contributed by atoms with Crippen LogP contribution in [0, 0.1) is 6.92 Å². The van der Waals surface area contributed by atoms with E-state index in [1.54, 1.807) is 0 Å². The van der Waals surface area contributed by atoms with Gasteiger partial charge in [0.1, 0.15) is 0 Å². The Hall–Kier alpha value is -1.88. The Kier molecular flexibility index (Phi) is 6.79. The zero-order chi connectivity index (χ0) is 17.5. The Morgan fingerprint density at radius 2 is 1.92 bits per heavy atom. The molecule has 1 fully saturated rings. The highest BCUT2D eigenvalue weighted by atomic mass is 16.2. The number of hydrogen-bond donors (Lipinski definition) is 2. The molecule has 1 aromatic carbocycles. The molecule has 0 spiro atoms. The van der Waals surface area contributed by atoms with Crippen molar-refractivity contribution in [1.82, 2.24) is 4.90 Å². The summed E-state index contributed by atoms with van der Waals surface area (Å²) in [6, 6.07) is 8.11. The van der Waals surface area contributed by atoms with Gasteiger partial charge in [0.15, 0.2) is 13.1 Å². The number of likely N-dealkylation sites (tertiary alicyclic amines) is 1. The van der Waals surface area contributed by atoms with Crippen molar-refractivity contribution in [1.29, 1.82) is 0 Å². The Morgan fingerprint density at radius 1 is 1.21 bits per heavy atom. The van der Waals surface area contributed by atoms with Crippen LogP contribution in [0.25, 0.3) is 0 Å². The molecule has 0 radical (unpaired) electrons. The van der Waals surface area contributed by atoms with Gasteiger partial charge in [0.05, 0.1) is 7.05 Å². The summed E-state index contributed by atoms with van der Waals surface area (Å²) in [4.78, 5) is 27.6. The molecule has 5 heteroatoms. The molecule has 0 aliphatic carbocycles. The van der Waals surface area contributed by atoms with Gasteiger partial charge in [-0.3, -0.25) is 9.59 Å². The number of likely N-dealkylation sites (N-methyl/N-ethyl adjacent to an activating group) is 1. The molecule has 0 saturated carbocycles. The molecule has 0 aromatic heterocycles. The number of rotatable bonds is 6. The summed E-state index contributed by atoms with van der Waals surface area (Å²) in [7, 11) is 1.90. The summed E-state index contributed by atoms with van der Waals surface area (Å²) < 4.78 is 0. The minimum atomic E-state index is -0.0603. The van der Waals surface area contributed by atoms with Gasteiger partial charge >= 0.3 is 0 Å². The number of quaternary nitrogens is 1. The first-order chi connectivity index (χ1) is 11.5. The Morgan fingerprint density at radius 3 is 2.58 bits per heavy atom. The monoisotopic (exact) mass is 332 g/mol. The van der Waals surface area contributed by atoms with Crippen LogP contribution in [0.2, 0.25) is 0 Å². The number of benzene rings is 1. The first kappa shape index (κ1) is 18.5. The lowest BCUT2D eigenvalue weighted by Crippen LogP contribution is -3.11. The van der Waals surface area contributed by atoms with Crippen molar-refractivity contribution in [2.24, 2.45) is 0 Å². The predicted molar refractivity (Wildman–Crippen MR) is 96.1 cm³/mol. The molecule has 1 aliphatic rings. The summed E-state index contributed by atoms with van der Waals surface area (Å²) in [5, 5.41) is 2.89. The summed E-state index contributed by atoms with van der Waals surface area (Å²) in [6.45, 7) is 5.68. The van der Waals surface area contributed by atoms with Gasteiger partial charge in [0.2, 0.25) is 0 Å². The topological polar surface area (TPSA) is 53.9 Å². The number of hydrogen-bond acceptors (Lipinski definition) is 2. The Bertz CT molecular complexity index is 556. The molecule has 2 amide bonds. The molecule has 5 nitrogen and oxygen atoms in total. The molecule has 1 heterocycles. The molecule has 132 valence electrons. The molecular weight excluding hydrogens is 302 g/mol. The van der Waals surface area contributed by atoms with Crippen LogP contribution in [0.15, 0.2) is 24.3 Å². The fourth-order valence-electron chi connectivity index (χ4n) is 3.29. The highest BCUT2D eigenvalue weighted by molar-refractivity contribution is 5.91. The van der Waals surface area contributed by atoms with E-state index in [0.29, 0.717) is 19.1 Å². The van der Waals surface area contributed by atoms with E-state index in [9.17, 15) is 9.59 Å². The van der Waals surface area contributed by atoms with Crippen LogP contribution in [0.3, 0.4) is 0 Å². The van der Waals surface area contributed by atoms with Crippen LogP contribution < -0.4 is 10.2 Å². The number of nitrogens with zero attached hydrogens (tertiary/aromatic N) is 1. The van der Waals surface area contributed by atoms with E-state index in [2.05, 4.69) is 12.2 Å². The summed E-state index contributed by atoms with van der Waals surface area (Å²) in [5.74, 6) is 0.108. The third-order valence-electron chi connectivity index (χ3n) is 4.67. The van der Waals surface area contributed by atoms with E-state index >= 15 is 0 Å². The lowest BCUT2D eigenvalue weighted by atomic mass is 10.00. The number of nitrogens with one attached hydrogen (secondary N) is 2. The minimum Gasteiger partial charge on any atom is -0.335 e. The molecule has 1 aromatic rings. The van der Waals surface area contributed by atoms with Crippen LogP contribution in [-0.2, 0) is 9.59 Å². The standard InChI is InChI=1S/C19H29N3O2/c1-4-17-7-5-6-12-22(17)19(24)14-21(3)13-18(23)20-16-10-8-15(2)9-11-16/h8-11,17H,4-7,12-14H2,1-3H3,(H,20,23)/p+1/t17-/m0/s1. The maximum Gasteiger partial charge on any atom is 0.279 e. The van der Waals surface area contributed by atoms with Crippen LogP contribution in [0.4, 0.5) is 5.69 Å². The summed E-state index contributed by atoms with van der Waals surface area (Å²) in [5.41, 5.74) is 1.96. The number of amides is 2. The van der Waals surface area contributed by atoms with E-state index in [0.717, 1.165) is 42.0 Å². The van der Waals surface area contributed by atoms with Crippen molar-refractivity contribution in [2.45, 2.75) is 45.6 Å². The Balaban J connectivity index is 1.81. The molecule has 1 unspecified atom stereocenters. The molecule has 2 rings (SSSR count). The van der Waals surface area contributed by atoms with Gasteiger partial charge in [-0.25, -0.2) is 0 Å². The first-order valence-corrected chi connectivity index (χ1v) is 8.97. The van der Waals surface area contributed by atoms with E-state index in [1.807, 2.05) is 43.1 Å². The van der Waals surface area contributed by atoms with E-state index < -0.39 is 0 Å². The lowest BCUT2D eigenvalue weighted by molar-refractivity contribution is -0.862. The lowest BCUT2D eigenvalue weighted by Gasteiger charge is -2.35. The summed E-state index contributed by atoms with van der Waals surface area (Å²) >= 11 is 0. The number of carbonyl (C=O) groups excluding carboxylic acids is 2. The maximum atomic E-state index is 12.5. The van der Waals surface area contributed by atoms with Crippen LogP contribution >= 0.6 is 0 Å². The van der Waals surface area contributed by atoms with Crippen LogP contribution in [0.5, 0.6) is 0 Å². The van der Waals surface area contributed by atoms with Gasteiger partial charge in [-0.15, -0.1) is 0 Å². The Labute approximate surface area is 145 Å². The van der Waals surface area contributed by atoms with Crippen molar-refractivity contribution in [3.05, 3.63) is 29.8 Å². The maximum absolute atomic E-state index is 12.5. The SMILES string of the molecule is CC[C@H]1CCCCN1C(=O)C[NH+](C)CC(=O)Nc1ccc(C)cc1. The average Bonchev–Trinajstić information content (AvgIpc) is 2.56. The van der Waals surface area contributed by atoms with E-state index in [1.165, 1.54) is 6.42 Å². The highest BCUT2D eigenvalue weighted by Gasteiger charge is 2.27. The van der Waals surface area contributed by atoms with E-state index in [4.69, 9.17) is 0 Å². The molecule has 1 aliphatic heterocycles. The van der Waals surface area contributed by atoms with Crippen molar-refractivity contribution >= 4 is 17.5 Å². The van der Waals surface area contributed by atoms with Gasteiger partial charge in [-0.2, -0.15) is 0 Å². The van der Waals surface area contributed by atoms with Crippen LogP contribution in [-0.4, -0.2) is 49.4 Å². The highest BCUT2D eigenvalue weighted by Crippen LogP contribution is 2.19. The third kappa shape index (κ3) is 5.34. The molecule has 24 heavy (non-hydrogen) atoms. The average molecular weight is 332 g/mol. The third-order valence-corrected chi connectivity index (χ3v) is 4.67. The van der Waals surface area contributed by atoms with Gasteiger partial charge in [0.25, 0.3) is 11.8 Å². The molecule has 2 N–H and O–H groups in total. The quantitative estimate of drug-likeness (QED) is 0.823. The predicted octanol–water partition coefficient (Wildman–Crippen LogP) is 1.24. The van der Waals surface area contributed by atoms with Gasteiger partial charge in [-0.1, -0.05) is 24.6 Å². The second-order valence-corrected chi connectivity index (χ2v) is 6.87. The second-order valence-electron chi connectivity index (χ2n) is 6.87. The molecule has 2 atom stereocenters. The first-order valence-electron chi connectivity index (χ1n) is 8.97. The molecule has 1 saturated heterocycles. The van der Waals surface area contributed by atoms with Gasteiger partial charge in [-0.05, 0) is 44.7 Å². The normalized spacial score (nSPS) is 19.0. The van der Waals surface area contributed by atoms with Crippen molar-refractivity contribution in [2.75, 3.05) is 32.0 Å². The van der Waals surface area contributed by atoms with Crippen LogP contribution in [0.1, 0.15) is 38.2 Å². The zero-order valence-corrected chi connectivity index (χ0v) is 15.1. The summed E-state index contributed by atoms with van der Waals surface area (Å²) in [6.07, 6.45) is 4.42. The number of anilines is 1. The molecular formula is C19H30N3O2+. The number of carbonyl (C=O) groups is 2. The zero-order valence-electron chi connectivity index (χ0n) is 15.1. The second kappa shape index (κ2) is 8.83. The van der Waals surface area contributed by atoms with Crippen molar-refractivity contribution in [3.8, 4) is 0 Å². The van der Waals surface area contributed by atoms with Gasteiger partial charge < -0.3 is 15.1 Å². The molecule has 0 bridgehead atoms. The number of piperidine rings is 1. The largest absolute Gasteiger partial charge is 0.335 e. The number of aryl methyl sites for hydroxylation is 1.